The van der Waals surface area contributed by atoms with Gasteiger partial charge < -0.3 is 10.5 Å². The second-order valence-corrected chi connectivity index (χ2v) is 5.03. The maximum atomic E-state index is 11.2. The summed E-state index contributed by atoms with van der Waals surface area (Å²) in [6.45, 7) is 0.842. The Morgan fingerprint density at radius 1 is 1.38 bits per heavy atom. The van der Waals surface area contributed by atoms with Crippen molar-refractivity contribution in [2.24, 2.45) is 5.73 Å². The molecule has 2 unspecified atom stereocenters. The molecule has 2 aliphatic rings. The van der Waals surface area contributed by atoms with Crippen LogP contribution in [0.4, 0.5) is 0 Å². The molecule has 2 bridgehead atoms. The average molecular weight is 226 g/mol. The van der Waals surface area contributed by atoms with E-state index in [2.05, 4.69) is 4.90 Å². The number of nitrogens with zero attached hydrogens (tertiary/aromatic N) is 1. The molecule has 0 aromatic heterocycles. The van der Waals surface area contributed by atoms with E-state index in [-0.39, 0.29) is 5.97 Å². The molecule has 0 spiro atoms. The maximum Gasteiger partial charge on any atom is 0.306 e. The van der Waals surface area contributed by atoms with Crippen molar-refractivity contribution in [2.75, 3.05) is 13.7 Å². The SMILES string of the molecule is COC(=O)CCN1C2CCCC1CC(N)C2. The van der Waals surface area contributed by atoms with E-state index in [0.717, 1.165) is 19.4 Å². The topological polar surface area (TPSA) is 55.6 Å². The molecule has 16 heavy (non-hydrogen) atoms. The van der Waals surface area contributed by atoms with Crippen molar-refractivity contribution >= 4 is 5.97 Å². The van der Waals surface area contributed by atoms with E-state index in [1.165, 1.54) is 26.4 Å². The van der Waals surface area contributed by atoms with Gasteiger partial charge in [-0.1, -0.05) is 6.42 Å². The molecule has 2 heterocycles. The Morgan fingerprint density at radius 2 is 2.00 bits per heavy atom. The first-order valence-corrected chi connectivity index (χ1v) is 6.29. The van der Waals surface area contributed by atoms with Crippen LogP contribution in [0.3, 0.4) is 0 Å². The summed E-state index contributed by atoms with van der Waals surface area (Å²) in [5, 5.41) is 0. The zero-order valence-corrected chi connectivity index (χ0v) is 10.0. The first-order chi connectivity index (χ1) is 7.70. The lowest BCUT2D eigenvalue weighted by Gasteiger charge is -2.48. The molecule has 0 aromatic rings. The van der Waals surface area contributed by atoms with Crippen molar-refractivity contribution in [1.82, 2.24) is 4.90 Å². The fourth-order valence-corrected chi connectivity index (χ4v) is 3.21. The molecule has 4 heteroatoms. The van der Waals surface area contributed by atoms with E-state index >= 15 is 0 Å². The van der Waals surface area contributed by atoms with Crippen molar-refractivity contribution in [2.45, 2.75) is 56.7 Å². The number of hydrogen-bond acceptors (Lipinski definition) is 4. The number of hydrogen-bond donors (Lipinski definition) is 1. The van der Waals surface area contributed by atoms with Crippen molar-refractivity contribution < 1.29 is 9.53 Å². The average Bonchev–Trinajstić information content (AvgIpc) is 2.25. The van der Waals surface area contributed by atoms with Crippen LogP contribution in [0.15, 0.2) is 0 Å². The van der Waals surface area contributed by atoms with Crippen LogP contribution < -0.4 is 5.73 Å². The molecule has 0 radical (unpaired) electrons. The summed E-state index contributed by atoms with van der Waals surface area (Å²) in [5.41, 5.74) is 6.05. The number of carbonyl (C=O) groups is 1. The Hall–Kier alpha value is -0.610. The molecule has 4 nitrogen and oxygen atoms in total. The molecular formula is C12H22N2O2. The van der Waals surface area contributed by atoms with Crippen LogP contribution in [0.1, 0.15) is 38.5 Å². The van der Waals surface area contributed by atoms with Crippen molar-refractivity contribution in [1.29, 1.82) is 0 Å². The lowest BCUT2D eigenvalue weighted by atomic mass is 9.82. The minimum Gasteiger partial charge on any atom is -0.469 e. The Balaban J connectivity index is 1.90. The molecule has 2 N–H and O–H groups in total. The standard InChI is InChI=1S/C12H22N2O2/c1-16-12(15)5-6-14-10-3-2-4-11(14)8-9(13)7-10/h9-11H,2-8,13H2,1H3. The van der Waals surface area contributed by atoms with Crippen molar-refractivity contribution in [3.8, 4) is 0 Å². The van der Waals surface area contributed by atoms with Crippen LogP contribution in [-0.2, 0) is 9.53 Å². The second-order valence-electron chi connectivity index (χ2n) is 5.03. The monoisotopic (exact) mass is 226 g/mol. The summed E-state index contributed by atoms with van der Waals surface area (Å²) in [7, 11) is 1.45. The molecule has 2 fully saturated rings. The lowest BCUT2D eigenvalue weighted by molar-refractivity contribution is -0.141. The molecule has 2 rings (SSSR count). The lowest BCUT2D eigenvalue weighted by Crippen LogP contribution is -2.55. The van der Waals surface area contributed by atoms with Gasteiger partial charge in [0.2, 0.25) is 0 Å². The predicted octanol–water partition coefficient (Wildman–Crippen LogP) is 0.894. The number of carbonyl (C=O) groups excluding carboxylic acids is 1. The van der Waals surface area contributed by atoms with Gasteiger partial charge in [0.15, 0.2) is 0 Å². The van der Waals surface area contributed by atoms with Gasteiger partial charge in [0.25, 0.3) is 0 Å². The number of fused-ring (bicyclic) bond motifs is 2. The molecule has 0 aliphatic carbocycles. The Bertz CT molecular complexity index is 243. The fraction of sp³-hybridized carbons (Fsp3) is 0.917. The van der Waals surface area contributed by atoms with E-state index in [9.17, 15) is 4.79 Å². The first-order valence-electron chi connectivity index (χ1n) is 6.29. The highest BCUT2D eigenvalue weighted by molar-refractivity contribution is 5.69. The van der Waals surface area contributed by atoms with Crippen LogP contribution >= 0.6 is 0 Å². The highest BCUT2D eigenvalue weighted by Gasteiger charge is 2.36. The molecule has 2 aliphatic heterocycles. The summed E-state index contributed by atoms with van der Waals surface area (Å²) in [5.74, 6) is -0.104. The van der Waals surface area contributed by atoms with Gasteiger partial charge in [0, 0.05) is 24.7 Å². The van der Waals surface area contributed by atoms with Crippen LogP contribution in [-0.4, -0.2) is 42.6 Å². The van der Waals surface area contributed by atoms with Crippen LogP contribution in [0.2, 0.25) is 0 Å². The summed E-state index contributed by atoms with van der Waals surface area (Å²) in [4.78, 5) is 13.7. The van der Waals surface area contributed by atoms with Crippen molar-refractivity contribution in [3.05, 3.63) is 0 Å². The molecule has 92 valence electrons. The summed E-state index contributed by atoms with van der Waals surface area (Å²) in [6, 6.07) is 1.57. The second kappa shape index (κ2) is 5.15. The quantitative estimate of drug-likeness (QED) is 0.726. The van der Waals surface area contributed by atoms with Gasteiger partial charge in [-0.3, -0.25) is 9.69 Å². The van der Waals surface area contributed by atoms with E-state index in [4.69, 9.17) is 10.5 Å². The normalized spacial score (nSPS) is 34.8. The maximum absolute atomic E-state index is 11.2. The van der Waals surface area contributed by atoms with E-state index in [1.807, 2.05) is 0 Å². The molecular weight excluding hydrogens is 204 g/mol. The number of methoxy groups -OCH3 is 1. The summed E-state index contributed by atoms with van der Waals surface area (Å²) in [6.07, 6.45) is 6.50. The van der Waals surface area contributed by atoms with E-state index < -0.39 is 0 Å². The largest absolute Gasteiger partial charge is 0.469 e. The molecule has 0 saturated carbocycles. The minimum atomic E-state index is -0.104. The van der Waals surface area contributed by atoms with Gasteiger partial charge in [-0.05, 0) is 25.7 Å². The fourth-order valence-electron chi connectivity index (χ4n) is 3.21. The Morgan fingerprint density at radius 3 is 2.56 bits per heavy atom. The predicted molar refractivity (Wildman–Crippen MR) is 62.0 cm³/mol. The van der Waals surface area contributed by atoms with Gasteiger partial charge in [-0.2, -0.15) is 0 Å². The van der Waals surface area contributed by atoms with Crippen LogP contribution in [0.25, 0.3) is 0 Å². The number of ether oxygens (including phenoxy) is 1. The Kier molecular flexibility index (Phi) is 3.82. The van der Waals surface area contributed by atoms with Crippen molar-refractivity contribution in [3.63, 3.8) is 0 Å². The molecule has 0 aromatic carbocycles. The third kappa shape index (κ3) is 2.55. The summed E-state index contributed by atoms with van der Waals surface area (Å²) >= 11 is 0. The highest BCUT2D eigenvalue weighted by atomic mass is 16.5. The first kappa shape index (κ1) is 11.9. The van der Waals surface area contributed by atoms with Gasteiger partial charge in [0.1, 0.15) is 0 Å². The van der Waals surface area contributed by atoms with Gasteiger partial charge in [0.05, 0.1) is 13.5 Å². The smallest absolute Gasteiger partial charge is 0.306 e. The minimum absolute atomic E-state index is 0.104. The molecule has 0 amide bonds. The zero-order valence-electron chi connectivity index (χ0n) is 10.0. The van der Waals surface area contributed by atoms with Gasteiger partial charge in [-0.25, -0.2) is 0 Å². The number of rotatable bonds is 3. The van der Waals surface area contributed by atoms with E-state index in [1.54, 1.807) is 0 Å². The highest BCUT2D eigenvalue weighted by Crippen LogP contribution is 2.33. The number of piperidine rings is 2. The third-order valence-corrected chi connectivity index (χ3v) is 3.96. The number of nitrogens with two attached hydrogens (primary N) is 1. The molecule has 2 saturated heterocycles. The third-order valence-electron chi connectivity index (χ3n) is 3.96. The van der Waals surface area contributed by atoms with Crippen LogP contribution in [0.5, 0.6) is 0 Å². The van der Waals surface area contributed by atoms with E-state index in [0.29, 0.717) is 24.5 Å². The molecule has 2 atom stereocenters. The van der Waals surface area contributed by atoms with Gasteiger partial charge >= 0.3 is 5.97 Å². The number of esters is 1. The summed E-state index contributed by atoms with van der Waals surface area (Å²) < 4.78 is 4.69. The van der Waals surface area contributed by atoms with Gasteiger partial charge in [-0.15, -0.1) is 0 Å². The zero-order chi connectivity index (χ0) is 11.5. The van der Waals surface area contributed by atoms with Crippen LogP contribution in [0, 0.1) is 0 Å². The Labute approximate surface area is 97.1 Å².